The van der Waals surface area contributed by atoms with Gasteiger partial charge in [0.05, 0.1) is 55.8 Å². The molecule has 4 aromatic rings. The molecule has 0 saturated heterocycles. The molecule has 0 radical (unpaired) electrons. The number of nitrogens with zero attached hydrogens (tertiary/aromatic N) is 3. The van der Waals surface area contributed by atoms with Gasteiger partial charge < -0.3 is 45.1 Å². The van der Waals surface area contributed by atoms with Gasteiger partial charge in [0.25, 0.3) is 11.8 Å². The van der Waals surface area contributed by atoms with E-state index in [9.17, 15) is 19.2 Å². The van der Waals surface area contributed by atoms with E-state index in [4.69, 9.17) is 23.9 Å². The van der Waals surface area contributed by atoms with E-state index in [1.165, 1.54) is 7.11 Å². The maximum atomic E-state index is 14.2. The van der Waals surface area contributed by atoms with Crippen LogP contribution in [0.3, 0.4) is 0 Å². The van der Waals surface area contributed by atoms with Gasteiger partial charge in [0, 0.05) is 53.9 Å². The number of carbonyl (C=O) groups excluding carboxylic acids is 4. The van der Waals surface area contributed by atoms with Crippen LogP contribution in [-0.2, 0) is 49.9 Å². The van der Waals surface area contributed by atoms with Crippen LogP contribution in [0.1, 0.15) is 60.3 Å². The fourth-order valence-electron chi connectivity index (χ4n) is 9.63. The third-order valence-corrected chi connectivity index (χ3v) is 13.0. The molecule has 0 spiro atoms. The lowest BCUT2D eigenvalue weighted by Gasteiger charge is -2.32. The SMILES string of the molecule is CCN[C@@H](C)C(=O)N[C@H](C)C(=O)Nc1cc(COc2cc3c(cc2OC)C(=O)N2c4ccccc4C[C@H]2C=N3)cc(COC2C(OC)=CC3=C(NC[C@@H]4Cc5ccccc5N4C3=O)C2C)c1. The molecule has 4 aromatic carbocycles. The Morgan fingerprint density at radius 1 is 0.833 bits per heavy atom. The van der Waals surface area contributed by atoms with Crippen molar-refractivity contribution >= 4 is 52.6 Å². The van der Waals surface area contributed by atoms with Crippen LogP contribution in [0.4, 0.5) is 22.7 Å². The van der Waals surface area contributed by atoms with E-state index < -0.39 is 24.1 Å². The molecule has 66 heavy (non-hydrogen) atoms. The molecule has 0 aromatic heterocycles. The number of fused-ring (bicyclic) bond motifs is 7. The third-order valence-electron chi connectivity index (χ3n) is 13.0. The largest absolute Gasteiger partial charge is 0.498 e. The van der Waals surface area contributed by atoms with Gasteiger partial charge in [0.15, 0.2) is 11.5 Å². The fourth-order valence-corrected chi connectivity index (χ4v) is 9.63. The number of amides is 4. The Labute approximate surface area is 384 Å². The zero-order valence-electron chi connectivity index (χ0n) is 38.0. The van der Waals surface area contributed by atoms with Crippen molar-refractivity contribution < 1.29 is 38.1 Å². The fraction of sp³-hybridized carbons (Fsp3) is 0.353. The first-order valence-electron chi connectivity index (χ1n) is 22.5. The molecule has 0 saturated carbocycles. The number of ether oxygens (including phenoxy) is 4. The molecule has 4 amide bonds. The van der Waals surface area contributed by atoms with Gasteiger partial charge in [-0.3, -0.25) is 29.1 Å². The van der Waals surface area contributed by atoms with E-state index in [2.05, 4.69) is 27.3 Å². The molecule has 1 aliphatic carbocycles. The van der Waals surface area contributed by atoms with Crippen LogP contribution in [0.15, 0.2) is 107 Å². The minimum atomic E-state index is -0.839. The second-order valence-electron chi connectivity index (χ2n) is 17.3. The van der Waals surface area contributed by atoms with Crippen LogP contribution in [0.25, 0.3) is 0 Å². The van der Waals surface area contributed by atoms with Crippen molar-refractivity contribution in [2.24, 2.45) is 10.9 Å². The van der Waals surface area contributed by atoms with E-state index >= 15 is 0 Å². The summed E-state index contributed by atoms with van der Waals surface area (Å²) in [4.78, 5) is 63.0. The number of carbonyl (C=O) groups is 4. The second-order valence-corrected chi connectivity index (χ2v) is 17.3. The van der Waals surface area contributed by atoms with E-state index in [0.29, 0.717) is 64.8 Å². The van der Waals surface area contributed by atoms with Crippen LogP contribution in [0.5, 0.6) is 11.5 Å². The number of hydrogen-bond acceptors (Lipinski definition) is 11. The van der Waals surface area contributed by atoms with Crippen molar-refractivity contribution in [3.05, 3.63) is 130 Å². The highest BCUT2D eigenvalue weighted by atomic mass is 16.5. The summed E-state index contributed by atoms with van der Waals surface area (Å²) >= 11 is 0. The van der Waals surface area contributed by atoms with Crippen molar-refractivity contribution in [3.63, 3.8) is 0 Å². The van der Waals surface area contributed by atoms with Crippen LogP contribution >= 0.6 is 0 Å². The van der Waals surface area contributed by atoms with Crippen LogP contribution in [0.2, 0.25) is 0 Å². The van der Waals surface area contributed by atoms with Crippen LogP contribution < -0.4 is 40.5 Å². The number of nitrogens with one attached hydrogen (secondary N) is 4. The van der Waals surface area contributed by atoms with Gasteiger partial charge in [0.1, 0.15) is 24.5 Å². The predicted octanol–water partition coefficient (Wildman–Crippen LogP) is 5.88. The van der Waals surface area contributed by atoms with E-state index in [0.717, 1.165) is 40.2 Å². The van der Waals surface area contributed by atoms with Crippen molar-refractivity contribution in [2.45, 2.75) is 84.0 Å². The molecule has 4 N–H and O–H groups in total. The molecule has 6 atom stereocenters. The maximum Gasteiger partial charge on any atom is 0.261 e. The third kappa shape index (κ3) is 8.40. The second kappa shape index (κ2) is 18.5. The Morgan fingerprint density at radius 3 is 2.27 bits per heavy atom. The van der Waals surface area contributed by atoms with Gasteiger partial charge in [0.2, 0.25) is 11.8 Å². The summed E-state index contributed by atoms with van der Waals surface area (Å²) in [5, 5.41) is 12.4. The normalized spacial score (nSPS) is 21.1. The molecular weight excluding hydrogens is 839 g/mol. The number of para-hydroxylation sites is 2. The molecule has 15 nitrogen and oxygen atoms in total. The zero-order valence-corrected chi connectivity index (χ0v) is 38.0. The van der Waals surface area contributed by atoms with Gasteiger partial charge >= 0.3 is 0 Å². The minimum absolute atomic E-state index is 0.0191. The first-order chi connectivity index (χ1) is 32.0. The molecule has 342 valence electrons. The number of rotatable bonds is 14. The summed E-state index contributed by atoms with van der Waals surface area (Å²) in [6.07, 6.45) is 4.49. The summed E-state index contributed by atoms with van der Waals surface area (Å²) < 4.78 is 24.8. The Hall–Kier alpha value is -6.97. The lowest BCUT2D eigenvalue weighted by atomic mass is 9.89. The van der Waals surface area contributed by atoms with Crippen molar-refractivity contribution in [2.75, 3.05) is 42.4 Å². The molecule has 0 bridgehead atoms. The lowest BCUT2D eigenvalue weighted by Crippen LogP contribution is -2.49. The summed E-state index contributed by atoms with van der Waals surface area (Å²) in [5.74, 6) is 0.0535. The topological polar surface area (TPSA) is 172 Å². The standard InChI is InChI=1S/C51H55N7O8/c1-7-52-29(3)48(59)55-30(4)49(60)56-35-17-31(26-65-44-23-40-38(21-43(44)63-5)50(61)57-36(24-53-40)19-33-12-8-10-14-41(33)57)16-32(18-35)27-66-47-28(2)46-39(22-45(47)64-6)51(62)58-37(25-54-46)20-34-13-9-11-15-42(34)58/h8-18,21-24,28-30,36-37,47,52,54H,7,19-20,25-27H2,1-6H3,(H,55,59)(H,56,60)/t28?,29-,30+,36-,37-,47?/m0/s1. The number of hydrogen-bond donors (Lipinski definition) is 4. The first kappa shape index (κ1) is 44.2. The summed E-state index contributed by atoms with van der Waals surface area (Å²) in [6, 6.07) is 23.3. The number of likely N-dealkylation sites (N-methyl/N-ethyl adjacent to an activating group) is 1. The van der Waals surface area contributed by atoms with Crippen LogP contribution in [-0.4, -0.2) is 87.4 Å². The minimum Gasteiger partial charge on any atom is -0.498 e. The average molecular weight is 894 g/mol. The first-order valence-corrected chi connectivity index (χ1v) is 22.5. The average Bonchev–Trinajstić information content (AvgIpc) is 3.81. The van der Waals surface area contributed by atoms with Gasteiger partial charge in [-0.2, -0.15) is 0 Å². The Morgan fingerprint density at radius 2 is 1.55 bits per heavy atom. The highest BCUT2D eigenvalue weighted by molar-refractivity contribution is 6.15. The van der Waals surface area contributed by atoms with Crippen LogP contribution in [0, 0.1) is 5.92 Å². The maximum absolute atomic E-state index is 14.2. The summed E-state index contributed by atoms with van der Waals surface area (Å²) in [5.41, 5.74) is 8.15. The number of aliphatic imine (C=N–C) groups is 1. The van der Waals surface area contributed by atoms with Gasteiger partial charge in [-0.05, 0) is 91.5 Å². The molecule has 5 aliphatic rings. The lowest BCUT2D eigenvalue weighted by molar-refractivity contribution is -0.127. The Balaban J connectivity index is 0.963. The molecule has 9 rings (SSSR count). The quantitative estimate of drug-likeness (QED) is 0.120. The smallest absolute Gasteiger partial charge is 0.261 e. The van der Waals surface area contributed by atoms with Crippen molar-refractivity contribution in [1.29, 1.82) is 0 Å². The number of anilines is 3. The summed E-state index contributed by atoms with van der Waals surface area (Å²) in [6.45, 7) is 8.65. The monoisotopic (exact) mass is 893 g/mol. The van der Waals surface area contributed by atoms with Gasteiger partial charge in [-0.1, -0.05) is 50.2 Å². The van der Waals surface area contributed by atoms with E-state index in [-0.39, 0.29) is 48.9 Å². The molecule has 4 aliphatic heterocycles. The van der Waals surface area contributed by atoms with Crippen molar-refractivity contribution in [1.82, 2.24) is 16.0 Å². The Kier molecular flexibility index (Phi) is 12.4. The molecule has 2 unspecified atom stereocenters. The van der Waals surface area contributed by atoms with Crippen molar-refractivity contribution in [3.8, 4) is 11.5 Å². The summed E-state index contributed by atoms with van der Waals surface area (Å²) in [7, 11) is 3.10. The number of benzene rings is 4. The zero-order chi connectivity index (χ0) is 46.2. The predicted molar refractivity (Wildman–Crippen MR) is 251 cm³/mol. The molecule has 4 heterocycles. The Bertz CT molecular complexity index is 2700. The highest BCUT2D eigenvalue weighted by Crippen LogP contribution is 2.42. The van der Waals surface area contributed by atoms with Gasteiger partial charge in [-0.25, -0.2) is 0 Å². The molecule has 0 fully saturated rings. The molecular formula is C51H55N7O8. The number of methoxy groups -OCH3 is 2. The molecule has 15 heteroatoms. The van der Waals surface area contributed by atoms with E-state index in [1.807, 2.05) is 79.6 Å². The van der Waals surface area contributed by atoms with Gasteiger partial charge in [-0.15, -0.1) is 0 Å². The highest BCUT2D eigenvalue weighted by Gasteiger charge is 2.43. The van der Waals surface area contributed by atoms with E-state index in [1.54, 1.807) is 50.1 Å².